The highest BCUT2D eigenvalue weighted by Gasteiger charge is 2.38. The molecule has 12 heavy (non-hydrogen) atoms. The second kappa shape index (κ2) is 3.09. The van der Waals surface area contributed by atoms with Gasteiger partial charge in [-0.2, -0.15) is 0 Å². The normalized spacial score (nSPS) is 27.4. The van der Waals surface area contributed by atoms with E-state index in [9.17, 15) is 0 Å². The number of hydrogen-bond donors (Lipinski definition) is 1. The van der Waals surface area contributed by atoms with E-state index in [-0.39, 0.29) is 0 Å². The molecule has 0 spiro atoms. The van der Waals surface area contributed by atoms with Crippen molar-refractivity contribution in [3.63, 3.8) is 0 Å². The average molecular weight is 181 g/mol. The molecule has 1 saturated carbocycles. The van der Waals surface area contributed by atoms with Crippen LogP contribution in [0.1, 0.15) is 37.7 Å². The molecule has 1 aliphatic rings. The molecule has 2 heteroatoms. The summed E-state index contributed by atoms with van der Waals surface area (Å²) in [4.78, 5) is 0. The van der Waals surface area contributed by atoms with E-state index in [0.29, 0.717) is 0 Å². The third-order valence-electron chi connectivity index (χ3n) is 2.71. The molecule has 1 nitrogen and oxygen atoms in total. The zero-order valence-corrected chi connectivity index (χ0v) is 8.23. The van der Waals surface area contributed by atoms with Gasteiger partial charge in [-0.05, 0) is 35.3 Å². The Morgan fingerprint density at radius 3 is 3.08 bits per heavy atom. The zero-order valence-electron chi connectivity index (χ0n) is 7.42. The first-order chi connectivity index (χ1) is 5.83. The number of hydrogen-bond acceptors (Lipinski definition) is 2. The summed E-state index contributed by atoms with van der Waals surface area (Å²) >= 11 is 1.67. The van der Waals surface area contributed by atoms with Gasteiger partial charge in [0, 0.05) is 0 Å². The fourth-order valence-corrected chi connectivity index (χ4v) is 2.67. The molecule has 1 heterocycles. The molecule has 1 aromatic heterocycles. The summed E-state index contributed by atoms with van der Waals surface area (Å²) in [5.74, 6) is 1.74. The molecule has 2 N–H and O–H groups in total. The SMILES string of the molecule is CCCC1CC1c1ccsc1N. The van der Waals surface area contributed by atoms with Crippen molar-refractivity contribution in [3.8, 4) is 0 Å². The Bertz CT molecular complexity index is 267. The van der Waals surface area contributed by atoms with Gasteiger partial charge in [0.15, 0.2) is 0 Å². The molecule has 0 radical (unpaired) electrons. The van der Waals surface area contributed by atoms with Gasteiger partial charge in [0.05, 0.1) is 5.00 Å². The summed E-state index contributed by atoms with van der Waals surface area (Å²) in [5.41, 5.74) is 7.27. The van der Waals surface area contributed by atoms with Gasteiger partial charge < -0.3 is 5.73 Å². The lowest BCUT2D eigenvalue weighted by Gasteiger charge is -1.96. The Balaban J connectivity index is 2.01. The van der Waals surface area contributed by atoms with Crippen LogP contribution in [0.5, 0.6) is 0 Å². The Hall–Kier alpha value is -0.500. The third-order valence-corrected chi connectivity index (χ3v) is 3.47. The molecular weight excluding hydrogens is 166 g/mol. The van der Waals surface area contributed by atoms with Crippen LogP contribution in [0.15, 0.2) is 11.4 Å². The summed E-state index contributed by atoms with van der Waals surface area (Å²) in [6.07, 6.45) is 4.06. The highest BCUT2D eigenvalue weighted by molar-refractivity contribution is 7.14. The fraction of sp³-hybridized carbons (Fsp3) is 0.600. The molecule has 0 aliphatic heterocycles. The molecule has 0 bridgehead atoms. The Morgan fingerprint density at radius 2 is 2.50 bits per heavy atom. The Labute approximate surface area is 77.6 Å². The van der Waals surface area contributed by atoms with Crippen molar-refractivity contribution in [2.75, 3.05) is 5.73 Å². The highest BCUT2D eigenvalue weighted by Crippen LogP contribution is 2.52. The standard InChI is InChI=1S/C10H15NS/c1-2-3-7-6-9(7)8-4-5-12-10(8)11/h4-5,7,9H,2-3,6,11H2,1H3. The topological polar surface area (TPSA) is 26.0 Å². The molecule has 1 fully saturated rings. The molecule has 0 aromatic carbocycles. The third kappa shape index (κ3) is 1.36. The zero-order chi connectivity index (χ0) is 8.55. The van der Waals surface area contributed by atoms with E-state index in [2.05, 4.69) is 18.4 Å². The van der Waals surface area contributed by atoms with Crippen molar-refractivity contribution in [2.24, 2.45) is 5.92 Å². The first kappa shape index (κ1) is 8.11. The molecule has 2 rings (SSSR count). The van der Waals surface area contributed by atoms with Crippen LogP contribution in [-0.4, -0.2) is 0 Å². The maximum atomic E-state index is 5.86. The van der Waals surface area contributed by atoms with Crippen molar-refractivity contribution >= 4 is 16.3 Å². The summed E-state index contributed by atoms with van der Waals surface area (Å²) in [6.45, 7) is 2.26. The van der Waals surface area contributed by atoms with E-state index >= 15 is 0 Å². The van der Waals surface area contributed by atoms with E-state index in [1.54, 1.807) is 11.3 Å². The van der Waals surface area contributed by atoms with Gasteiger partial charge in [-0.25, -0.2) is 0 Å². The van der Waals surface area contributed by atoms with Crippen LogP contribution in [0, 0.1) is 5.92 Å². The molecule has 0 amide bonds. The van der Waals surface area contributed by atoms with Gasteiger partial charge in [-0.15, -0.1) is 11.3 Å². The summed E-state index contributed by atoms with van der Waals surface area (Å²) in [5, 5.41) is 3.14. The maximum absolute atomic E-state index is 5.86. The minimum Gasteiger partial charge on any atom is -0.390 e. The van der Waals surface area contributed by atoms with Gasteiger partial charge in [0.2, 0.25) is 0 Å². The second-order valence-corrected chi connectivity index (χ2v) is 4.58. The Morgan fingerprint density at radius 1 is 1.67 bits per heavy atom. The second-order valence-electron chi connectivity index (χ2n) is 3.63. The van der Waals surface area contributed by atoms with Crippen LogP contribution >= 0.6 is 11.3 Å². The highest BCUT2D eigenvalue weighted by atomic mass is 32.1. The minimum atomic E-state index is 0.802. The van der Waals surface area contributed by atoms with Crippen molar-refractivity contribution in [1.29, 1.82) is 0 Å². The smallest absolute Gasteiger partial charge is 0.0891 e. The largest absolute Gasteiger partial charge is 0.390 e. The number of rotatable bonds is 3. The van der Waals surface area contributed by atoms with Crippen molar-refractivity contribution in [3.05, 3.63) is 17.0 Å². The lowest BCUT2D eigenvalue weighted by molar-refractivity contribution is 0.688. The lowest BCUT2D eigenvalue weighted by Crippen LogP contribution is -1.87. The van der Waals surface area contributed by atoms with Crippen LogP contribution in [-0.2, 0) is 0 Å². The molecular formula is C10H15NS. The van der Waals surface area contributed by atoms with E-state index in [4.69, 9.17) is 5.73 Å². The molecule has 66 valence electrons. The maximum Gasteiger partial charge on any atom is 0.0891 e. The van der Waals surface area contributed by atoms with Gasteiger partial charge in [0.1, 0.15) is 0 Å². The summed E-state index contributed by atoms with van der Waals surface area (Å²) in [6, 6.07) is 2.19. The first-order valence-electron chi connectivity index (χ1n) is 4.65. The van der Waals surface area contributed by atoms with Crippen molar-refractivity contribution in [1.82, 2.24) is 0 Å². The van der Waals surface area contributed by atoms with Gasteiger partial charge in [0.25, 0.3) is 0 Å². The van der Waals surface area contributed by atoms with Gasteiger partial charge >= 0.3 is 0 Å². The van der Waals surface area contributed by atoms with Crippen LogP contribution < -0.4 is 5.73 Å². The molecule has 0 saturated heterocycles. The number of nitrogen functional groups attached to an aromatic ring is 1. The number of anilines is 1. The predicted molar refractivity (Wildman–Crippen MR) is 54.5 cm³/mol. The summed E-state index contributed by atoms with van der Waals surface area (Å²) < 4.78 is 0. The average Bonchev–Trinajstić information content (AvgIpc) is 2.67. The van der Waals surface area contributed by atoms with Crippen LogP contribution in [0.3, 0.4) is 0 Å². The quantitative estimate of drug-likeness (QED) is 0.761. The van der Waals surface area contributed by atoms with E-state index in [1.165, 1.54) is 24.8 Å². The molecule has 2 unspecified atom stereocenters. The van der Waals surface area contributed by atoms with Crippen molar-refractivity contribution < 1.29 is 0 Å². The number of nitrogens with two attached hydrogens (primary N) is 1. The van der Waals surface area contributed by atoms with Crippen LogP contribution in [0.25, 0.3) is 0 Å². The molecule has 1 aliphatic carbocycles. The Kier molecular flexibility index (Phi) is 2.09. The van der Waals surface area contributed by atoms with E-state index in [0.717, 1.165) is 16.8 Å². The van der Waals surface area contributed by atoms with Gasteiger partial charge in [-0.1, -0.05) is 19.8 Å². The predicted octanol–water partition coefficient (Wildman–Crippen LogP) is 3.23. The van der Waals surface area contributed by atoms with Gasteiger partial charge in [-0.3, -0.25) is 0 Å². The van der Waals surface area contributed by atoms with Crippen LogP contribution in [0.4, 0.5) is 5.00 Å². The minimum absolute atomic E-state index is 0.802. The van der Waals surface area contributed by atoms with Crippen LogP contribution in [0.2, 0.25) is 0 Å². The molecule has 2 atom stereocenters. The summed E-state index contributed by atoms with van der Waals surface area (Å²) in [7, 11) is 0. The molecule has 1 aromatic rings. The first-order valence-corrected chi connectivity index (χ1v) is 5.53. The van der Waals surface area contributed by atoms with E-state index < -0.39 is 0 Å². The van der Waals surface area contributed by atoms with Crippen molar-refractivity contribution in [2.45, 2.75) is 32.1 Å². The lowest BCUT2D eigenvalue weighted by atomic mass is 10.1. The fourth-order valence-electron chi connectivity index (χ4n) is 1.96. The number of thiophene rings is 1. The van der Waals surface area contributed by atoms with E-state index in [1.807, 2.05) is 0 Å². The monoisotopic (exact) mass is 181 g/mol.